The molecule has 0 fully saturated rings. The number of rotatable bonds is 4. The summed E-state index contributed by atoms with van der Waals surface area (Å²) in [6.45, 7) is 1.74. The van der Waals surface area contributed by atoms with E-state index >= 15 is 0 Å². The summed E-state index contributed by atoms with van der Waals surface area (Å²) in [5.41, 5.74) is 1.61. The van der Waals surface area contributed by atoms with Gasteiger partial charge in [-0.05, 0) is 43.3 Å². The van der Waals surface area contributed by atoms with Gasteiger partial charge in [0.25, 0.3) is 5.56 Å². The van der Waals surface area contributed by atoms with Crippen molar-refractivity contribution in [1.29, 1.82) is 0 Å². The lowest BCUT2D eigenvalue weighted by molar-refractivity contribution is 0.0697. The second-order valence-electron chi connectivity index (χ2n) is 5.50. The first kappa shape index (κ1) is 18.0. The number of aromatic amines is 1. The van der Waals surface area contributed by atoms with E-state index in [0.29, 0.717) is 27.7 Å². The van der Waals surface area contributed by atoms with Crippen molar-refractivity contribution in [2.24, 2.45) is 4.99 Å². The first-order valence-electron chi connectivity index (χ1n) is 7.51. The Hall–Kier alpha value is -2.83. The van der Waals surface area contributed by atoms with E-state index in [9.17, 15) is 9.59 Å². The number of halogens is 2. The maximum Gasteiger partial charge on any atom is 0.337 e. The topological polar surface area (TPSA) is 87.5 Å². The minimum absolute atomic E-state index is 0.0524. The van der Waals surface area contributed by atoms with Gasteiger partial charge in [-0.25, -0.2) is 9.48 Å². The maximum atomic E-state index is 12.6. The number of carboxylic acids is 1. The van der Waals surface area contributed by atoms with Gasteiger partial charge in [0, 0.05) is 16.9 Å². The number of aryl methyl sites for hydroxylation is 1. The van der Waals surface area contributed by atoms with Crippen molar-refractivity contribution >= 4 is 41.1 Å². The van der Waals surface area contributed by atoms with E-state index in [2.05, 4.69) is 10.1 Å². The number of aromatic nitrogens is 2. The fraction of sp³-hybridized carbons (Fsp3) is 0.0556. The normalized spacial score (nSPS) is 11.2. The Bertz CT molecular complexity index is 1080. The molecule has 3 aromatic rings. The molecule has 3 rings (SSSR count). The van der Waals surface area contributed by atoms with E-state index in [1.54, 1.807) is 37.3 Å². The average molecular weight is 390 g/mol. The van der Waals surface area contributed by atoms with Gasteiger partial charge in [0.05, 0.1) is 27.5 Å². The minimum atomic E-state index is -1.15. The molecule has 2 N–H and O–H groups in total. The van der Waals surface area contributed by atoms with Crippen LogP contribution in [0.3, 0.4) is 0 Å². The number of nitrogens with zero attached hydrogens (tertiary/aromatic N) is 2. The average Bonchev–Trinajstić information content (AvgIpc) is 2.88. The van der Waals surface area contributed by atoms with Gasteiger partial charge in [-0.1, -0.05) is 29.3 Å². The monoisotopic (exact) mass is 389 g/mol. The molecule has 26 heavy (non-hydrogen) atoms. The Morgan fingerprint density at radius 3 is 2.69 bits per heavy atom. The van der Waals surface area contributed by atoms with Gasteiger partial charge in [0.2, 0.25) is 0 Å². The predicted octanol–water partition coefficient (Wildman–Crippen LogP) is 4.23. The Balaban J connectivity index is 1.99. The lowest BCUT2D eigenvalue weighted by Crippen LogP contribution is -2.17. The molecule has 0 saturated heterocycles. The van der Waals surface area contributed by atoms with Crippen LogP contribution >= 0.6 is 23.2 Å². The van der Waals surface area contributed by atoms with Crippen LogP contribution in [0.15, 0.2) is 52.3 Å². The van der Waals surface area contributed by atoms with Crippen LogP contribution in [0.2, 0.25) is 10.0 Å². The summed E-state index contributed by atoms with van der Waals surface area (Å²) in [6, 6.07) is 11.2. The molecule has 0 spiro atoms. The van der Waals surface area contributed by atoms with E-state index in [-0.39, 0.29) is 16.1 Å². The summed E-state index contributed by atoms with van der Waals surface area (Å²) >= 11 is 11.8. The number of nitrogens with one attached hydrogen (secondary N) is 1. The maximum absolute atomic E-state index is 12.6. The zero-order valence-electron chi connectivity index (χ0n) is 13.5. The number of carboxylic acid groups (broad SMARTS) is 1. The molecule has 0 unspecified atom stereocenters. The Labute approximate surface area is 158 Å². The molecule has 1 aromatic heterocycles. The summed E-state index contributed by atoms with van der Waals surface area (Å²) in [6.07, 6.45) is 1.39. The number of carbonyl (C=O) groups is 1. The summed E-state index contributed by atoms with van der Waals surface area (Å²) in [5.74, 6) is -1.15. The van der Waals surface area contributed by atoms with Gasteiger partial charge in [-0.3, -0.25) is 14.9 Å². The Morgan fingerprint density at radius 2 is 2.00 bits per heavy atom. The molecule has 0 bridgehead atoms. The van der Waals surface area contributed by atoms with E-state index in [0.717, 1.165) is 0 Å². The van der Waals surface area contributed by atoms with Crippen LogP contribution in [0.1, 0.15) is 21.6 Å². The third-order valence-corrected chi connectivity index (χ3v) is 4.27. The van der Waals surface area contributed by atoms with Crippen LogP contribution in [0.4, 0.5) is 5.69 Å². The highest BCUT2D eigenvalue weighted by Gasteiger charge is 2.12. The molecule has 132 valence electrons. The number of aromatic carboxylic acids is 1. The Kier molecular flexibility index (Phi) is 4.97. The second kappa shape index (κ2) is 7.19. The zero-order valence-corrected chi connectivity index (χ0v) is 15.0. The fourth-order valence-corrected chi connectivity index (χ4v) is 2.79. The molecule has 0 amide bonds. The number of hydrogen-bond donors (Lipinski definition) is 2. The van der Waals surface area contributed by atoms with E-state index in [1.807, 2.05) is 0 Å². The third kappa shape index (κ3) is 3.56. The van der Waals surface area contributed by atoms with E-state index in [4.69, 9.17) is 28.3 Å². The van der Waals surface area contributed by atoms with Crippen LogP contribution in [0.25, 0.3) is 5.69 Å². The summed E-state index contributed by atoms with van der Waals surface area (Å²) < 4.78 is 1.37. The van der Waals surface area contributed by atoms with Gasteiger partial charge in [-0.15, -0.1) is 0 Å². The highest BCUT2D eigenvalue weighted by Crippen LogP contribution is 2.22. The highest BCUT2D eigenvalue weighted by molar-refractivity contribution is 6.33. The first-order chi connectivity index (χ1) is 12.4. The van der Waals surface area contributed by atoms with Crippen LogP contribution in [0, 0.1) is 6.92 Å². The van der Waals surface area contributed by atoms with Crippen molar-refractivity contribution in [2.75, 3.05) is 0 Å². The Morgan fingerprint density at radius 1 is 1.23 bits per heavy atom. The third-order valence-electron chi connectivity index (χ3n) is 3.71. The zero-order chi connectivity index (χ0) is 18.8. The van der Waals surface area contributed by atoms with E-state index < -0.39 is 5.97 Å². The molecule has 0 atom stereocenters. The predicted molar refractivity (Wildman–Crippen MR) is 102 cm³/mol. The fourth-order valence-electron chi connectivity index (χ4n) is 2.41. The van der Waals surface area contributed by atoms with Crippen molar-refractivity contribution in [1.82, 2.24) is 9.78 Å². The molecule has 0 aliphatic rings. The minimum Gasteiger partial charge on any atom is -0.478 e. The van der Waals surface area contributed by atoms with Crippen molar-refractivity contribution < 1.29 is 9.90 Å². The van der Waals surface area contributed by atoms with Crippen LogP contribution in [-0.4, -0.2) is 27.1 Å². The van der Waals surface area contributed by atoms with Gasteiger partial charge in [0.1, 0.15) is 0 Å². The standard InChI is InChI=1S/C18H13Cl2N3O3/c1-10-15(9-21-12-5-6-16(20)14(8-12)18(25)26)17(24)23(22-10)13-4-2-3-11(19)7-13/h2-9,22H,1H3,(H,25,26). The van der Waals surface area contributed by atoms with Gasteiger partial charge >= 0.3 is 5.97 Å². The van der Waals surface area contributed by atoms with Crippen molar-refractivity contribution in [2.45, 2.75) is 6.92 Å². The van der Waals surface area contributed by atoms with Gasteiger partial charge < -0.3 is 5.11 Å². The van der Waals surface area contributed by atoms with Crippen LogP contribution in [0.5, 0.6) is 0 Å². The number of hydrogen-bond acceptors (Lipinski definition) is 3. The summed E-state index contributed by atoms with van der Waals surface area (Å²) in [7, 11) is 0. The molecular formula is C18H13Cl2N3O3. The van der Waals surface area contributed by atoms with Crippen LogP contribution in [-0.2, 0) is 0 Å². The lowest BCUT2D eigenvalue weighted by atomic mass is 10.2. The quantitative estimate of drug-likeness (QED) is 0.654. The summed E-state index contributed by atoms with van der Waals surface area (Å²) in [5, 5.41) is 12.7. The molecule has 0 aliphatic heterocycles. The van der Waals surface area contributed by atoms with Gasteiger partial charge in [0.15, 0.2) is 0 Å². The molecule has 0 radical (unpaired) electrons. The van der Waals surface area contributed by atoms with Gasteiger partial charge in [-0.2, -0.15) is 0 Å². The number of aliphatic imine (C=N–C) groups is 1. The molecule has 0 saturated carbocycles. The van der Waals surface area contributed by atoms with Crippen molar-refractivity contribution in [3.8, 4) is 5.69 Å². The molecule has 1 heterocycles. The lowest BCUT2D eigenvalue weighted by Gasteiger charge is -2.01. The summed E-state index contributed by atoms with van der Waals surface area (Å²) in [4.78, 5) is 28.0. The van der Waals surface area contributed by atoms with Crippen molar-refractivity contribution in [3.05, 3.63) is 79.7 Å². The second-order valence-corrected chi connectivity index (χ2v) is 6.34. The largest absolute Gasteiger partial charge is 0.478 e. The van der Waals surface area contributed by atoms with Crippen molar-refractivity contribution in [3.63, 3.8) is 0 Å². The number of H-pyrrole nitrogens is 1. The van der Waals surface area contributed by atoms with Crippen LogP contribution < -0.4 is 5.56 Å². The molecule has 2 aromatic carbocycles. The molecule has 0 aliphatic carbocycles. The number of benzene rings is 2. The smallest absolute Gasteiger partial charge is 0.337 e. The molecule has 6 nitrogen and oxygen atoms in total. The van der Waals surface area contributed by atoms with E-state index in [1.165, 1.54) is 23.0 Å². The first-order valence-corrected chi connectivity index (χ1v) is 8.27. The molecule has 8 heteroatoms. The highest BCUT2D eigenvalue weighted by atomic mass is 35.5. The SMILES string of the molecule is Cc1[nH]n(-c2cccc(Cl)c2)c(=O)c1C=Nc1ccc(Cl)c(C(=O)O)c1. The molecular weight excluding hydrogens is 377 g/mol.